The maximum atomic E-state index is 13.3. The zero-order valence-corrected chi connectivity index (χ0v) is 26.9. The highest BCUT2D eigenvalue weighted by Gasteiger charge is 2.35. The zero-order chi connectivity index (χ0) is 33.3. The summed E-state index contributed by atoms with van der Waals surface area (Å²) in [4.78, 5) is 25.6. The van der Waals surface area contributed by atoms with E-state index in [1.165, 1.54) is 35.6 Å². The molecule has 0 bridgehead atoms. The van der Waals surface area contributed by atoms with Crippen LogP contribution in [0.2, 0.25) is 0 Å². The summed E-state index contributed by atoms with van der Waals surface area (Å²) in [6, 6.07) is 14.9. The minimum absolute atomic E-state index is 0.128. The predicted octanol–water partition coefficient (Wildman–Crippen LogP) is 5.14. The number of nitrogens with zero attached hydrogens (tertiary/aromatic N) is 1. The molecule has 0 spiro atoms. The maximum Gasteiger partial charge on any atom is 0.323 e. The second-order valence-corrected chi connectivity index (χ2v) is 13.4. The van der Waals surface area contributed by atoms with E-state index in [1.54, 1.807) is 57.2 Å². The molecule has 46 heavy (non-hydrogen) atoms. The lowest BCUT2D eigenvalue weighted by molar-refractivity contribution is -0.151. The SMILES string of the molecule is CNC(=O)c1c(-c2ccc(Oc3ccc(F)cc3)cc2)oc2cc3c(cc12)[C@H](C)O[C@H](COC(=O)[C@H](N)C(C)C)CN3S(C)(=O)=O. The van der Waals surface area contributed by atoms with Gasteiger partial charge in [0.05, 0.1) is 30.2 Å². The molecule has 3 aromatic carbocycles. The molecule has 3 atom stereocenters. The van der Waals surface area contributed by atoms with E-state index in [0.29, 0.717) is 33.7 Å². The molecule has 1 aromatic heterocycles. The second-order valence-electron chi connectivity index (χ2n) is 11.5. The van der Waals surface area contributed by atoms with Gasteiger partial charge in [-0.25, -0.2) is 12.8 Å². The molecule has 13 heteroatoms. The van der Waals surface area contributed by atoms with Crippen LogP contribution in [0.15, 0.2) is 65.1 Å². The van der Waals surface area contributed by atoms with Gasteiger partial charge in [-0.05, 0) is 67.4 Å². The van der Waals surface area contributed by atoms with Crippen molar-refractivity contribution < 1.29 is 41.0 Å². The van der Waals surface area contributed by atoms with Crippen molar-refractivity contribution in [2.45, 2.75) is 39.0 Å². The third-order valence-corrected chi connectivity index (χ3v) is 8.88. The topological polar surface area (TPSA) is 150 Å². The largest absolute Gasteiger partial charge is 0.462 e. The number of carbonyl (C=O) groups excluding carboxylic acids is 2. The summed E-state index contributed by atoms with van der Waals surface area (Å²) in [5, 5.41) is 3.11. The molecule has 0 aliphatic carbocycles. The number of hydrogen-bond donors (Lipinski definition) is 2. The van der Waals surface area contributed by atoms with Crippen molar-refractivity contribution >= 4 is 38.6 Å². The Kier molecular flexibility index (Phi) is 9.38. The Morgan fingerprint density at radius 3 is 2.30 bits per heavy atom. The molecule has 1 amide bonds. The fraction of sp³-hybridized carbons (Fsp3) is 0.333. The van der Waals surface area contributed by atoms with Gasteiger partial charge < -0.3 is 29.7 Å². The highest BCUT2D eigenvalue weighted by Crippen LogP contribution is 2.42. The van der Waals surface area contributed by atoms with Gasteiger partial charge in [0.1, 0.15) is 47.4 Å². The molecule has 0 fully saturated rings. The molecule has 4 aromatic rings. The summed E-state index contributed by atoms with van der Waals surface area (Å²) in [6.07, 6.45) is -0.364. The Morgan fingerprint density at radius 2 is 1.72 bits per heavy atom. The van der Waals surface area contributed by atoms with Gasteiger partial charge in [-0.1, -0.05) is 13.8 Å². The minimum atomic E-state index is -3.83. The average Bonchev–Trinajstić information content (AvgIpc) is 3.32. The summed E-state index contributed by atoms with van der Waals surface area (Å²) in [6.45, 7) is 5.02. The Morgan fingerprint density at radius 1 is 1.09 bits per heavy atom. The lowest BCUT2D eigenvalue weighted by Crippen LogP contribution is -2.42. The van der Waals surface area contributed by atoms with Crippen LogP contribution in [0.5, 0.6) is 11.5 Å². The fourth-order valence-corrected chi connectivity index (χ4v) is 6.15. The molecule has 1 aliphatic rings. The number of ether oxygens (including phenoxy) is 3. The number of anilines is 1. The van der Waals surface area contributed by atoms with Gasteiger partial charge >= 0.3 is 5.97 Å². The van der Waals surface area contributed by atoms with Crippen LogP contribution in [-0.4, -0.2) is 58.9 Å². The molecule has 1 aliphatic heterocycles. The first-order valence-electron chi connectivity index (χ1n) is 14.7. The lowest BCUT2D eigenvalue weighted by Gasteiger charge is -2.25. The van der Waals surface area contributed by atoms with E-state index in [4.69, 9.17) is 24.4 Å². The van der Waals surface area contributed by atoms with Crippen LogP contribution in [-0.2, 0) is 24.3 Å². The Bertz CT molecular complexity index is 1860. The number of fused-ring (bicyclic) bond motifs is 2. The molecule has 0 radical (unpaired) electrons. The molecular weight excluding hydrogens is 617 g/mol. The van der Waals surface area contributed by atoms with Gasteiger partial charge in [0.25, 0.3) is 5.91 Å². The number of esters is 1. The number of rotatable bonds is 9. The Labute approximate surface area is 266 Å². The molecule has 0 saturated carbocycles. The van der Waals surface area contributed by atoms with Gasteiger partial charge in [0, 0.05) is 29.6 Å². The van der Waals surface area contributed by atoms with Gasteiger partial charge in [-0.2, -0.15) is 0 Å². The fourth-order valence-electron chi connectivity index (χ4n) is 5.20. The second kappa shape index (κ2) is 13.1. The normalized spacial score (nSPS) is 17.3. The molecule has 244 valence electrons. The first kappa shape index (κ1) is 32.9. The zero-order valence-electron chi connectivity index (χ0n) is 26.1. The number of nitrogens with one attached hydrogen (secondary N) is 1. The average molecular weight is 654 g/mol. The molecule has 0 saturated heterocycles. The van der Waals surface area contributed by atoms with Crippen molar-refractivity contribution in [1.82, 2.24) is 5.32 Å². The van der Waals surface area contributed by atoms with Crippen molar-refractivity contribution in [3.63, 3.8) is 0 Å². The lowest BCUT2D eigenvalue weighted by atomic mass is 10.0. The van der Waals surface area contributed by atoms with E-state index < -0.39 is 40.1 Å². The smallest absolute Gasteiger partial charge is 0.323 e. The standard InChI is InChI=1S/C33H36FN3O8S/c1-18(2)30(35)33(39)42-17-24-16-37(46(5,40)41)27-15-28-26(14-25(27)19(3)43-24)29(32(38)36-4)31(45-28)20-6-10-22(11-7-20)44-23-12-8-21(34)9-13-23/h6-15,18-19,24,30H,16-17,35H2,1-5H3,(H,36,38)/t19-,24-,30+/m0/s1. The molecule has 2 heterocycles. The molecule has 11 nitrogen and oxygen atoms in total. The van der Waals surface area contributed by atoms with Crippen LogP contribution in [0.25, 0.3) is 22.3 Å². The van der Waals surface area contributed by atoms with Gasteiger partial charge in [0.2, 0.25) is 10.0 Å². The van der Waals surface area contributed by atoms with Gasteiger partial charge in [0.15, 0.2) is 0 Å². The van der Waals surface area contributed by atoms with Crippen molar-refractivity contribution in [2.75, 3.05) is 30.8 Å². The number of halogens is 1. The van der Waals surface area contributed by atoms with Gasteiger partial charge in [-0.3, -0.25) is 13.9 Å². The maximum absolute atomic E-state index is 13.3. The van der Waals surface area contributed by atoms with Crippen LogP contribution in [0.3, 0.4) is 0 Å². The minimum Gasteiger partial charge on any atom is -0.462 e. The molecular formula is C33H36FN3O8S. The summed E-state index contributed by atoms with van der Waals surface area (Å²) in [7, 11) is -2.33. The Balaban J connectivity index is 1.52. The van der Waals surface area contributed by atoms with E-state index in [9.17, 15) is 22.4 Å². The molecule has 0 unspecified atom stereocenters. The van der Waals surface area contributed by atoms with E-state index in [0.717, 1.165) is 6.26 Å². The van der Waals surface area contributed by atoms with E-state index in [1.807, 2.05) is 0 Å². The number of hydrogen-bond acceptors (Lipinski definition) is 9. The van der Waals surface area contributed by atoms with Crippen LogP contribution in [0.1, 0.15) is 42.8 Å². The number of nitrogens with two attached hydrogens (primary N) is 1. The summed E-state index contributed by atoms with van der Waals surface area (Å²) in [5.41, 5.74) is 7.85. The van der Waals surface area contributed by atoms with Crippen LogP contribution >= 0.6 is 0 Å². The van der Waals surface area contributed by atoms with Gasteiger partial charge in [-0.15, -0.1) is 0 Å². The monoisotopic (exact) mass is 653 g/mol. The van der Waals surface area contributed by atoms with Crippen molar-refractivity contribution in [1.29, 1.82) is 0 Å². The number of amides is 1. The molecule has 5 rings (SSSR count). The Hall–Kier alpha value is -4.46. The van der Waals surface area contributed by atoms with Crippen molar-refractivity contribution in [3.05, 3.63) is 77.6 Å². The third-order valence-electron chi connectivity index (χ3n) is 7.73. The van der Waals surface area contributed by atoms with Crippen LogP contribution < -0.4 is 20.1 Å². The summed E-state index contributed by atoms with van der Waals surface area (Å²) < 4.78 is 64.2. The number of sulfonamides is 1. The summed E-state index contributed by atoms with van der Waals surface area (Å²) >= 11 is 0. The third kappa shape index (κ3) is 6.86. The van der Waals surface area contributed by atoms with E-state index in [-0.39, 0.29) is 41.8 Å². The van der Waals surface area contributed by atoms with Crippen molar-refractivity contribution in [2.24, 2.45) is 11.7 Å². The van der Waals surface area contributed by atoms with E-state index in [2.05, 4.69) is 5.32 Å². The van der Waals surface area contributed by atoms with Crippen molar-refractivity contribution in [3.8, 4) is 22.8 Å². The van der Waals surface area contributed by atoms with E-state index >= 15 is 0 Å². The predicted molar refractivity (Wildman–Crippen MR) is 171 cm³/mol. The highest BCUT2D eigenvalue weighted by atomic mass is 32.2. The quantitative estimate of drug-likeness (QED) is 0.234. The first-order chi connectivity index (χ1) is 21.8. The summed E-state index contributed by atoms with van der Waals surface area (Å²) in [5.74, 6) is -0.310. The first-order valence-corrected chi connectivity index (χ1v) is 16.5. The highest BCUT2D eigenvalue weighted by molar-refractivity contribution is 7.92. The van der Waals surface area contributed by atoms with Crippen LogP contribution in [0, 0.1) is 11.7 Å². The number of carbonyl (C=O) groups is 2. The molecule has 3 N–H and O–H groups in total. The van der Waals surface area contributed by atoms with Crippen LogP contribution in [0.4, 0.5) is 10.1 Å². The number of furan rings is 1. The number of benzene rings is 3.